The molecule has 0 bridgehead atoms. The molecule has 0 radical (unpaired) electrons. The third kappa shape index (κ3) is 4.07. The first-order valence-corrected chi connectivity index (χ1v) is 11.6. The van der Waals surface area contributed by atoms with Crippen molar-refractivity contribution < 1.29 is 9.53 Å². The molecule has 1 aromatic heterocycles. The Hall–Kier alpha value is -2.44. The van der Waals surface area contributed by atoms with Crippen LogP contribution in [0.2, 0.25) is 0 Å². The molecular formula is C24H27N3O2S. The van der Waals surface area contributed by atoms with Gasteiger partial charge in [-0.15, -0.1) is 0 Å². The molecule has 0 spiro atoms. The number of carbonyl (C=O) groups is 1. The van der Waals surface area contributed by atoms with E-state index in [2.05, 4.69) is 33.0 Å². The average Bonchev–Trinajstić information content (AvgIpc) is 3.17. The Labute approximate surface area is 181 Å². The summed E-state index contributed by atoms with van der Waals surface area (Å²) in [5.74, 6) is 1.67. The van der Waals surface area contributed by atoms with Gasteiger partial charge in [0.1, 0.15) is 5.75 Å². The van der Waals surface area contributed by atoms with Gasteiger partial charge < -0.3 is 9.64 Å². The van der Waals surface area contributed by atoms with Crippen LogP contribution in [0.5, 0.6) is 10.9 Å². The minimum atomic E-state index is 0.238. The van der Waals surface area contributed by atoms with E-state index in [0.29, 0.717) is 17.2 Å². The zero-order chi connectivity index (χ0) is 20.5. The molecule has 5 nitrogen and oxygen atoms in total. The minimum Gasteiger partial charge on any atom is -0.431 e. The molecule has 3 heterocycles. The summed E-state index contributed by atoms with van der Waals surface area (Å²) in [7, 11) is 0. The molecule has 0 aliphatic carbocycles. The molecule has 2 aliphatic rings. The quantitative estimate of drug-likeness (QED) is 0.600. The number of piperidine rings is 2. The van der Waals surface area contributed by atoms with Crippen LogP contribution in [-0.2, 0) is 11.3 Å². The van der Waals surface area contributed by atoms with Gasteiger partial charge in [0.25, 0.3) is 5.19 Å². The van der Waals surface area contributed by atoms with Crippen molar-refractivity contribution in [2.24, 2.45) is 5.92 Å². The molecule has 0 saturated carbocycles. The number of amides is 1. The monoisotopic (exact) mass is 421 g/mol. The molecule has 0 unspecified atom stereocenters. The number of carbonyl (C=O) groups excluding carboxylic acids is 1. The summed E-state index contributed by atoms with van der Waals surface area (Å²) in [6.45, 7) is 5.73. The summed E-state index contributed by atoms with van der Waals surface area (Å²) >= 11 is 1.57. The second-order valence-corrected chi connectivity index (χ2v) is 9.39. The molecule has 5 rings (SSSR count). The maximum Gasteiger partial charge on any atom is 0.279 e. The molecule has 2 aromatic carbocycles. The molecule has 0 N–H and O–H groups in total. The smallest absolute Gasteiger partial charge is 0.279 e. The van der Waals surface area contributed by atoms with Gasteiger partial charge in [-0.3, -0.25) is 9.69 Å². The first-order valence-electron chi connectivity index (χ1n) is 10.8. The van der Waals surface area contributed by atoms with E-state index < -0.39 is 0 Å². The molecule has 2 aliphatic heterocycles. The van der Waals surface area contributed by atoms with Gasteiger partial charge in [0.05, 0.1) is 10.2 Å². The van der Waals surface area contributed by atoms with Crippen molar-refractivity contribution in [3.8, 4) is 10.9 Å². The van der Waals surface area contributed by atoms with Crippen LogP contribution in [0.3, 0.4) is 0 Å². The van der Waals surface area contributed by atoms with E-state index in [-0.39, 0.29) is 5.91 Å². The second kappa shape index (κ2) is 8.36. The minimum absolute atomic E-state index is 0.238. The number of thiazole rings is 1. The van der Waals surface area contributed by atoms with Crippen molar-refractivity contribution >= 4 is 27.5 Å². The van der Waals surface area contributed by atoms with Crippen LogP contribution in [0, 0.1) is 5.92 Å². The van der Waals surface area contributed by atoms with Crippen LogP contribution >= 0.6 is 11.3 Å². The molecular weight excluding hydrogens is 394 g/mol. The highest BCUT2D eigenvalue weighted by molar-refractivity contribution is 7.20. The molecule has 2 atom stereocenters. The number of rotatable bonds is 4. The molecule has 30 heavy (non-hydrogen) atoms. The van der Waals surface area contributed by atoms with Gasteiger partial charge in [0.15, 0.2) is 0 Å². The van der Waals surface area contributed by atoms with E-state index in [4.69, 9.17) is 4.74 Å². The van der Waals surface area contributed by atoms with Crippen LogP contribution in [0.4, 0.5) is 0 Å². The Morgan fingerprint density at radius 2 is 1.97 bits per heavy atom. The Kier molecular flexibility index (Phi) is 5.44. The van der Waals surface area contributed by atoms with Gasteiger partial charge >= 0.3 is 0 Å². The van der Waals surface area contributed by atoms with Gasteiger partial charge in [-0.05, 0) is 55.0 Å². The van der Waals surface area contributed by atoms with Gasteiger partial charge in [0, 0.05) is 39.1 Å². The van der Waals surface area contributed by atoms with Gasteiger partial charge in [-0.2, -0.15) is 0 Å². The van der Waals surface area contributed by atoms with E-state index in [0.717, 1.165) is 55.0 Å². The number of hydrogen-bond donors (Lipinski definition) is 0. The van der Waals surface area contributed by atoms with E-state index in [1.807, 2.05) is 30.3 Å². The summed E-state index contributed by atoms with van der Waals surface area (Å²) in [6, 6.07) is 16.9. The number of aromatic nitrogens is 1. The molecule has 1 amide bonds. The van der Waals surface area contributed by atoms with E-state index in [9.17, 15) is 4.79 Å². The normalized spacial score (nSPS) is 22.1. The van der Waals surface area contributed by atoms with Crippen LogP contribution in [0.25, 0.3) is 10.2 Å². The SMILES string of the molecule is CC(=O)N1CCC[C@@H]2CN(Cc3ccc(Oc4nc5ccccc5s4)cc3)CC[C@@H]21. The molecule has 6 heteroatoms. The fraction of sp³-hybridized carbons (Fsp3) is 0.417. The molecule has 2 fully saturated rings. The Balaban J connectivity index is 1.20. The third-order valence-corrected chi connectivity index (χ3v) is 7.28. The largest absolute Gasteiger partial charge is 0.431 e. The summed E-state index contributed by atoms with van der Waals surface area (Å²) in [6.07, 6.45) is 3.45. The first kappa shape index (κ1) is 19.5. The van der Waals surface area contributed by atoms with Gasteiger partial charge in [-0.1, -0.05) is 35.6 Å². The van der Waals surface area contributed by atoms with E-state index in [1.165, 1.54) is 12.0 Å². The number of para-hydroxylation sites is 1. The van der Waals surface area contributed by atoms with Crippen molar-refractivity contribution in [2.45, 2.75) is 38.8 Å². The number of benzene rings is 2. The standard InChI is InChI=1S/C24H27N3O2S/c1-17(28)27-13-4-5-19-16-26(14-12-22(19)27)15-18-8-10-20(11-9-18)29-24-25-21-6-2-3-7-23(21)30-24/h2-3,6-11,19,22H,4-5,12-16H2,1H3/t19-,22+/m1/s1. The predicted molar refractivity (Wildman–Crippen MR) is 120 cm³/mol. The third-order valence-electron chi connectivity index (χ3n) is 6.37. The summed E-state index contributed by atoms with van der Waals surface area (Å²) in [4.78, 5) is 21.1. The highest BCUT2D eigenvalue weighted by atomic mass is 32.1. The van der Waals surface area contributed by atoms with E-state index in [1.54, 1.807) is 18.3 Å². The number of nitrogens with zero attached hydrogens (tertiary/aromatic N) is 3. The number of hydrogen-bond acceptors (Lipinski definition) is 5. The van der Waals surface area contributed by atoms with Crippen molar-refractivity contribution in [1.82, 2.24) is 14.8 Å². The average molecular weight is 422 g/mol. The lowest BCUT2D eigenvalue weighted by Crippen LogP contribution is -2.55. The van der Waals surface area contributed by atoms with Gasteiger partial charge in [-0.25, -0.2) is 4.98 Å². The zero-order valence-electron chi connectivity index (χ0n) is 17.3. The second-order valence-electron chi connectivity index (χ2n) is 8.40. The van der Waals surface area contributed by atoms with Crippen molar-refractivity contribution in [2.75, 3.05) is 19.6 Å². The lowest BCUT2D eigenvalue weighted by atomic mass is 9.83. The van der Waals surface area contributed by atoms with Crippen molar-refractivity contribution in [3.63, 3.8) is 0 Å². The highest BCUT2D eigenvalue weighted by Gasteiger charge is 2.36. The summed E-state index contributed by atoms with van der Waals surface area (Å²) in [5.41, 5.74) is 2.27. The van der Waals surface area contributed by atoms with Crippen molar-refractivity contribution in [1.29, 1.82) is 0 Å². The number of ether oxygens (including phenoxy) is 1. The van der Waals surface area contributed by atoms with E-state index >= 15 is 0 Å². The summed E-state index contributed by atoms with van der Waals surface area (Å²) < 4.78 is 7.11. The fourth-order valence-corrected chi connectivity index (χ4v) is 5.76. The maximum atomic E-state index is 11.9. The van der Waals surface area contributed by atoms with Gasteiger partial charge in [0.2, 0.25) is 5.91 Å². The molecule has 156 valence electrons. The molecule has 3 aromatic rings. The Morgan fingerprint density at radius 3 is 2.77 bits per heavy atom. The lowest BCUT2D eigenvalue weighted by Gasteiger charge is -2.47. The predicted octanol–water partition coefficient (Wildman–Crippen LogP) is 4.92. The van der Waals surface area contributed by atoms with Crippen LogP contribution in [0.15, 0.2) is 48.5 Å². The number of likely N-dealkylation sites (tertiary alicyclic amines) is 2. The molecule has 2 saturated heterocycles. The number of fused-ring (bicyclic) bond motifs is 2. The first-order chi connectivity index (χ1) is 14.7. The lowest BCUT2D eigenvalue weighted by molar-refractivity contribution is -0.136. The Bertz CT molecular complexity index is 999. The fourth-order valence-electron chi connectivity index (χ4n) is 4.93. The Morgan fingerprint density at radius 1 is 1.13 bits per heavy atom. The van der Waals surface area contributed by atoms with Crippen LogP contribution in [0.1, 0.15) is 31.7 Å². The zero-order valence-corrected chi connectivity index (χ0v) is 18.1. The van der Waals surface area contributed by atoms with Crippen molar-refractivity contribution in [3.05, 3.63) is 54.1 Å². The maximum absolute atomic E-state index is 11.9. The summed E-state index contributed by atoms with van der Waals surface area (Å²) in [5, 5.41) is 0.679. The van der Waals surface area contributed by atoms with Crippen LogP contribution < -0.4 is 4.74 Å². The topological polar surface area (TPSA) is 45.7 Å². The van der Waals surface area contributed by atoms with Crippen LogP contribution in [-0.4, -0.2) is 46.4 Å². The highest BCUT2D eigenvalue weighted by Crippen LogP contribution is 2.33.